The van der Waals surface area contributed by atoms with Crippen molar-refractivity contribution in [1.82, 2.24) is 19.9 Å². The van der Waals surface area contributed by atoms with Crippen molar-refractivity contribution in [2.45, 2.75) is 19.6 Å². The van der Waals surface area contributed by atoms with Gasteiger partial charge >= 0.3 is 5.97 Å². The van der Waals surface area contributed by atoms with E-state index in [1.54, 1.807) is 6.20 Å². The minimum Gasteiger partial charge on any atom is -0.505 e. The fourth-order valence-corrected chi connectivity index (χ4v) is 4.58. The minimum absolute atomic E-state index is 0.145. The minimum atomic E-state index is -1.28. The lowest BCUT2D eigenvalue weighted by Gasteiger charge is -2.22. The normalized spacial score (nSPS) is 11.2. The summed E-state index contributed by atoms with van der Waals surface area (Å²) in [7, 11) is 0. The molecule has 34 heavy (non-hydrogen) atoms. The van der Waals surface area contributed by atoms with Crippen LogP contribution in [0.5, 0.6) is 5.75 Å². The van der Waals surface area contributed by atoms with Gasteiger partial charge in [-0.1, -0.05) is 85.1 Å². The van der Waals surface area contributed by atoms with Crippen molar-refractivity contribution in [3.63, 3.8) is 0 Å². The predicted molar refractivity (Wildman–Crippen MR) is 136 cm³/mol. The maximum absolute atomic E-state index is 11.4. The van der Waals surface area contributed by atoms with Crippen LogP contribution in [0.2, 0.25) is 5.02 Å². The second-order valence-corrected chi connectivity index (χ2v) is 9.75. The number of hydrogen-bond acceptors (Lipinski definition) is 5. The Bertz CT molecular complexity index is 1300. The molecule has 1 heterocycles. The van der Waals surface area contributed by atoms with E-state index in [4.69, 9.17) is 11.6 Å². The van der Waals surface area contributed by atoms with Gasteiger partial charge in [0.1, 0.15) is 11.3 Å². The van der Waals surface area contributed by atoms with Crippen LogP contribution >= 0.6 is 43.5 Å². The Hall–Kier alpha value is -2.72. The Balaban J connectivity index is 1.63. The number of carbonyl (C=O) groups is 1. The van der Waals surface area contributed by atoms with Crippen LogP contribution in [0.1, 0.15) is 27.2 Å². The highest BCUT2D eigenvalue weighted by molar-refractivity contribution is 9.10. The molecule has 3 aromatic carbocycles. The topological polar surface area (TPSA) is 91.5 Å². The molecule has 0 atom stereocenters. The second-order valence-electron chi connectivity index (χ2n) is 7.61. The number of carboxylic acid groups (broad SMARTS) is 1. The molecule has 2 N–H and O–H groups in total. The summed E-state index contributed by atoms with van der Waals surface area (Å²) in [6.45, 7) is 1.78. The molecule has 7 nitrogen and oxygen atoms in total. The first kappa shape index (κ1) is 24.4. The quantitative estimate of drug-likeness (QED) is 0.254. The highest BCUT2D eigenvalue weighted by Crippen LogP contribution is 2.30. The van der Waals surface area contributed by atoms with E-state index in [0.717, 1.165) is 20.1 Å². The lowest BCUT2D eigenvalue weighted by Crippen LogP contribution is -2.23. The summed E-state index contributed by atoms with van der Waals surface area (Å²) in [5.74, 6) is -1.71. The predicted octanol–water partition coefficient (Wildman–Crippen LogP) is 6.05. The van der Waals surface area contributed by atoms with Crippen LogP contribution in [0, 0.1) is 0 Å². The van der Waals surface area contributed by atoms with Crippen LogP contribution in [-0.2, 0) is 19.6 Å². The summed E-state index contributed by atoms with van der Waals surface area (Å²) < 4.78 is 3.36. The van der Waals surface area contributed by atoms with Gasteiger partial charge in [-0.3, -0.25) is 4.90 Å². The fourth-order valence-electron chi connectivity index (χ4n) is 3.54. The fraction of sp³-hybridized carbons (Fsp3) is 0.125. The number of carboxylic acids is 1. The molecular weight excluding hydrogens is 588 g/mol. The van der Waals surface area contributed by atoms with Crippen LogP contribution < -0.4 is 0 Å². The second kappa shape index (κ2) is 10.7. The Morgan fingerprint density at radius 1 is 0.971 bits per heavy atom. The third-order valence-electron chi connectivity index (χ3n) is 5.16. The summed E-state index contributed by atoms with van der Waals surface area (Å²) in [6, 6.07) is 18.7. The number of halogens is 3. The van der Waals surface area contributed by atoms with Crippen molar-refractivity contribution in [3.05, 3.63) is 103 Å². The van der Waals surface area contributed by atoms with Crippen molar-refractivity contribution in [1.29, 1.82) is 0 Å². The van der Waals surface area contributed by atoms with E-state index in [1.165, 1.54) is 16.8 Å². The molecule has 4 aromatic rings. The van der Waals surface area contributed by atoms with Crippen LogP contribution in [0.15, 0.2) is 75.8 Å². The van der Waals surface area contributed by atoms with Crippen LogP contribution in [0.4, 0.5) is 0 Å². The SMILES string of the molecule is O=C(O)c1cc(Cl)cc(-n2cc(CN(Cc3ccccc3Br)Cc3ccccc3Br)nn2)c1O. The van der Waals surface area contributed by atoms with Crippen molar-refractivity contribution >= 4 is 49.4 Å². The number of phenols is 1. The average molecular weight is 607 g/mol. The summed E-state index contributed by atoms with van der Waals surface area (Å²) in [5, 5.41) is 28.3. The van der Waals surface area contributed by atoms with Crippen LogP contribution in [0.25, 0.3) is 5.69 Å². The summed E-state index contributed by atoms with van der Waals surface area (Å²) in [4.78, 5) is 13.6. The lowest BCUT2D eigenvalue weighted by atomic mass is 10.1. The van der Waals surface area contributed by atoms with E-state index >= 15 is 0 Å². The van der Waals surface area contributed by atoms with Gasteiger partial charge in [-0.2, -0.15) is 0 Å². The van der Waals surface area contributed by atoms with Gasteiger partial charge in [0.2, 0.25) is 0 Å². The number of benzene rings is 3. The Morgan fingerprint density at radius 3 is 2.12 bits per heavy atom. The largest absolute Gasteiger partial charge is 0.505 e. The highest BCUT2D eigenvalue weighted by atomic mass is 79.9. The molecule has 0 amide bonds. The highest BCUT2D eigenvalue weighted by Gasteiger charge is 2.19. The number of aromatic carboxylic acids is 1. The van der Waals surface area contributed by atoms with E-state index in [1.807, 2.05) is 36.4 Å². The Labute approximate surface area is 217 Å². The van der Waals surface area contributed by atoms with Crippen molar-refractivity contribution in [2.24, 2.45) is 0 Å². The van der Waals surface area contributed by atoms with E-state index in [0.29, 0.717) is 25.3 Å². The maximum Gasteiger partial charge on any atom is 0.339 e. The number of aromatic hydroxyl groups is 1. The van der Waals surface area contributed by atoms with Crippen molar-refractivity contribution in [2.75, 3.05) is 0 Å². The number of aromatic nitrogens is 3. The van der Waals surface area contributed by atoms with Gasteiger partial charge in [-0.05, 0) is 35.4 Å². The third kappa shape index (κ3) is 5.67. The Morgan fingerprint density at radius 2 is 1.56 bits per heavy atom. The molecule has 0 fully saturated rings. The molecule has 10 heteroatoms. The summed E-state index contributed by atoms with van der Waals surface area (Å²) >= 11 is 13.3. The van der Waals surface area contributed by atoms with Crippen molar-refractivity contribution in [3.8, 4) is 11.4 Å². The molecule has 0 aliphatic carbocycles. The lowest BCUT2D eigenvalue weighted by molar-refractivity contribution is 0.0693. The van der Waals surface area contributed by atoms with Gasteiger partial charge in [-0.15, -0.1) is 5.10 Å². The van der Waals surface area contributed by atoms with Gasteiger partial charge < -0.3 is 10.2 Å². The maximum atomic E-state index is 11.4. The summed E-state index contributed by atoms with van der Waals surface area (Å²) in [5.41, 5.74) is 2.74. The smallest absolute Gasteiger partial charge is 0.339 e. The Kier molecular flexibility index (Phi) is 7.67. The molecular formula is C24H19Br2ClN4O3. The molecule has 0 radical (unpaired) electrons. The van der Waals surface area contributed by atoms with E-state index in [9.17, 15) is 15.0 Å². The molecule has 0 saturated carbocycles. The monoisotopic (exact) mass is 604 g/mol. The van der Waals surface area contributed by atoms with Gasteiger partial charge in [0.05, 0.1) is 11.9 Å². The zero-order chi connectivity index (χ0) is 24.2. The molecule has 1 aromatic heterocycles. The standard InChI is InChI=1S/C24H19Br2ClN4O3/c25-20-7-3-1-5-15(20)11-30(12-16-6-2-4-8-21(16)26)13-18-14-31(29-28-18)22-10-17(27)9-19(23(22)32)24(33)34/h1-10,14,32H,11-13H2,(H,33,34). The first-order valence-corrected chi connectivity index (χ1v) is 12.1. The number of rotatable bonds is 8. The van der Waals surface area contributed by atoms with Crippen molar-refractivity contribution < 1.29 is 15.0 Å². The van der Waals surface area contributed by atoms with E-state index in [2.05, 4.69) is 59.2 Å². The van der Waals surface area contributed by atoms with Gasteiger partial charge in [0.15, 0.2) is 5.75 Å². The molecule has 0 unspecified atom stereocenters. The number of hydrogen-bond donors (Lipinski definition) is 2. The van der Waals surface area contributed by atoms with E-state index < -0.39 is 11.7 Å². The molecule has 0 aliphatic rings. The van der Waals surface area contributed by atoms with Gasteiger partial charge in [0.25, 0.3) is 0 Å². The van der Waals surface area contributed by atoms with Crippen LogP contribution in [-0.4, -0.2) is 36.1 Å². The first-order valence-electron chi connectivity index (χ1n) is 10.2. The zero-order valence-electron chi connectivity index (χ0n) is 17.7. The molecule has 0 bridgehead atoms. The molecule has 4 rings (SSSR count). The first-order chi connectivity index (χ1) is 16.3. The number of nitrogens with zero attached hydrogens (tertiary/aromatic N) is 4. The van der Waals surface area contributed by atoms with Gasteiger partial charge in [0, 0.05) is 33.6 Å². The zero-order valence-corrected chi connectivity index (χ0v) is 21.6. The molecule has 0 spiro atoms. The van der Waals surface area contributed by atoms with Crippen LogP contribution in [0.3, 0.4) is 0 Å². The molecule has 0 aliphatic heterocycles. The summed E-state index contributed by atoms with van der Waals surface area (Å²) in [6.07, 6.45) is 1.66. The average Bonchev–Trinajstić information content (AvgIpc) is 3.26. The molecule has 0 saturated heterocycles. The van der Waals surface area contributed by atoms with Gasteiger partial charge in [-0.25, -0.2) is 9.48 Å². The van der Waals surface area contributed by atoms with E-state index in [-0.39, 0.29) is 16.3 Å². The molecule has 174 valence electrons. The third-order valence-corrected chi connectivity index (χ3v) is 6.93.